The molecular formula is C5H7IN2. The summed E-state index contributed by atoms with van der Waals surface area (Å²) >= 11 is 2.22. The molecule has 0 aliphatic carbocycles. The number of nitrogens with two attached hydrogens (primary N) is 1. The molecule has 0 saturated heterocycles. The van der Waals surface area contributed by atoms with Crippen LogP contribution in [0.3, 0.4) is 0 Å². The van der Waals surface area contributed by atoms with Gasteiger partial charge in [-0.2, -0.15) is 0 Å². The van der Waals surface area contributed by atoms with Crippen LogP contribution in [-0.4, -0.2) is 12.4 Å². The second kappa shape index (κ2) is 2.59. The van der Waals surface area contributed by atoms with Crippen molar-refractivity contribution in [2.24, 2.45) is 10.7 Å². The number of allylic oxidation sites excluding steroid dienone is 1. The Hall–Kier alpha value is 0.1000. The highest BCUT2D eigenvalue weighted by atomic mass is 127. The van der Waals surface area contributed by atoms with Gasteiger partial charge in [-0.3, -0.25) is 4.99 Å². The number of hydrogen-bond donors (Lipinski definition) is 1. The van der Waals surface area contributed by atoms with E-state index in [0.29, 0.717) is 0 Å². The summed E-state index contributed by atoms with van der Waals surface area (Å²) in [6.07, 6.45) is 4.77. The van der Waals surface area contributed by atoms with Crippen molar-refractivity contribution in [1.82, 2.24) is 0 Å². The van der Waals surface area contributed by atoms with Crippen LogP contribution in [-0.2, 0) is 0 Å². The highest BCUT2D eigenvalue weighted by molar-refractivity contribution is 14.1. The summed E-state index contributed by atoms with van der Waals surface area (Å²) in [5.74, 6) is 0. The number of hydrogen-bond acceptors (Lipinski definition) is 2. The third kappa shape index (κ3) is 1.56. The molecule has 1 atom stereocenters. The molecule has 1 aliphatic heterocycles. The molecule has 1 rings (SSSR count). The average molecular weight is 222 g/mol. The Kier molecular flexibility index (Phi) is 2.01. The number of rotatable bonds is 0. The van der Waals surface area contributed by atoms with E-state index in [9.17, 15) is 0 Å². The number of halogens is 1. The number of aliphatic imine (C=N–C) groups is 1. The summed E-state index contributed by atoms with van der Waals surface area (Å²) in [5.41, 5.74) is 5.45. The van der Waals surface area contributed by atoms with Gasteiger partial charge >= 0.3 is 0 Å². The van der Waals surface area contributed by atoms with Crippen molar-refractivity contribution in [3.8, 4) is 0 Å². The van der Waals surface area contributed by atoms with Crippen molar-refractivity contribution in [3.05, 3.63) is 9.66 Å². The molecule has 44 valence electrons. The van der Waals surface area contributed by atoms with Gasteiger partial charge in [0, 0.05) is 16.2 Å². The molecule has 1 aliphatic rings. The van der Waals surface area contributed by atoms with Crippen molar-refractivity contribution < 1.29 is 0 Å². The molecule has 0 aromatic rings. The largest absolute Gasteiger partial charge is 0.309 e. The van der Waals surface area contributed by atoms with E-state index in [1.807, 2.05) is 0 Å². The molecule has 0 aromatic carbocycles. The standard InChI is InChI=1S/C5H7IN2/c6-4-1-2-5(7)8-3-4/h1,3,5H,2,7H2. The van der Waals surface area contributed by atoms with Crippen molar-refractivity contribution >= 4 is 28.8 Å². The molecule has 0 saturated carbocycles. The Morgan fingerprint density at radius 1 is 1.88 bits per heavy atom. The van der Waals surface area contributed by atoms with E-state index >= 15 is 0 Å². The minimum Gasteiger partial charge on any atom is -0.309 e. The summed E-state index contributed by atoms with van der Waals surface area (Å²) in [6, 6.07) is 0. The van der Waals surface area contributed by atoms with E-state index in [1.54, 1.807) is 6.21 Å². The zero-order valence-corrected chi connectivity index (χ0v) is 6.50. The van der Waals surface area contributed by atoms with Crippen molar-refractivity contribution in [2.75, 3.05) is 0 Å². The fourth-order valence-electron chi connectivity index (χ4n) is 0.514. The van der Waals surface area contributed by atoms with Gasteiger partial charge in [-0.15, -0.1) is 0 Å². The molecule has 3 heteroatoms. The van der Waals surface area contributed by atoms with Gasteiger partial charge in [0.2, 0.25) is 0 Å². The molecule has 2 N–H and O–H groups in total. The zero-order valence-electron chi connectivity index (χ0n) is 4.34. The lowest BCUT2D eigenvalue weighted by Crippen LogP contribution is -2.17. The van der Waals surface area contributed by atoms with Crippen LogP contribution in [0.1, 0.15) is 6.42 Å². The van der Waals surface area contributed by atoms with Crippen LogP contribution in [0.2, 0.25) is 0 Å². The fraction of sp³-hybridized carbons (Fsp3) is 0.400. The first-order valence-electron chi connectivity index (χ1n) is 2.43. The second-order valence-corrected chi connectivity index (χ2v) is 2.92. The van der Waals surface area contributed by atoms with E-state index in [4.69, 9.17) is 5.73 Å². The SMILES string of the molecule is NC1CC=C(I)C=N1. The molecule has 8 heavy (non-hydrogen) atoms. The maximum Gasteiger partial charge on any atom is 0.100 e. The van der Waals surface area contributed by atoms with Crippen LogP contribution in [0, 0.1) is 0 Å². The summed E-state index contributed by atoms with van der Waals surface area (Å²) in [5, 5.41) is 0. The van der Waals surface area contributed by atoms with Gasteiger partial charge in [-0.05, 0) is 22.6 Å². The maximum absolute atomic E-state index is 5.45. The summed E-state index contributed by atoms with van der Waals surface area (Å²) in [7, 11) is 0. The van der Waals surface area contributed by atoms with Gasteiger partial charge in [0.25, 0.3) is 0 Å². The van der Waals surface area contributed by atoms with E-state index < -0.39 is 0 Å². The lowest BCUT2D eigenvalue weighted by molar-refractivity contribution is 0.720. The van der Waals surface area contributed by atoms with Crippen molar-refractivity contribution in [1.29, 1.82) is 0 Å². The van der Waals surface area contributed by atoms with Crippen LogP contribution in [0.15, 0.2) is 14.6 Å². The Labute approximate surface area is 62.0 Å². The summed E-state index contributed by atoms with van der Waals surface area (Å²) in [6.45, 7) is 0. The third-order valence-corrected chi connectivity index (χ3v) is 1.66. The predicted octanol–water partition coefficient (Wildman–Crippen LogP) is 1.06. The van der Waals surface area contributed by atoms with Gasteiger partial charge in [-0.25, -0.2) is 0 Å². The number of nitrogens with zero attached hydrogens (tertiary/aromatic N) is 1. The Morgan fingerprint density at radius 2 is 2.62 bits per heavy atom. The van der Waals surface area contributed by atoms with E-state index in [-0.39, 0.29) is 6.17 Å². The van der Waals surface area contributed by atoms with E-state index in [0.717, 1.165) is 6.42 Å². The van der Waals surface area contributed by atoms with Gasteiger partial charge in [0.05, 0.1) is 0 Å². The fourth-order valence-corrected chi connectivity index (χ4v) is 0.929. The second-order valence-electron chi connectivity index (χ2n) is 1.67. The molecule has 0 fully saturated rings. The normalized spacial score (nSPS) is 27.8. The first-order valence-corrected chi connectivity index (χ1v) is 3.51. The third-order valence-electron chi connectivity index (χ3n) is 0.944. The molecule has 1 unspecified atom stereocenters. The summed E-state index contributed by atoms with van der Waals surface area (Å²) in [4.78, 5) is 3.99. The maximum atomic E-state index is 5.45. The van der Waals surface area contributed by atoms with Gasteiger partial charge in [0.1, 0.15) is 6.17 Å². The smallest absolute Gasteiger partial charge is 0.100 e. The molecule has 0 radical (unpaired) electrons. The quantitative estimate of drug-likeness (QED) is 0.611. The van der Waals surface area contributed by atoms with Crippen molar-refractivity contribution in [2.45, 2.75) is 12.6 Å². The van der Waals surface area contributed by atoms with Gasteiger partial charge in [0.15, 0.2) is 0 Å². The minimum absolute atomic E-state index is 0.00789. The monoisotopic (exact) mass is 222 g/mol. The van der Waals surface area contributed by atoms with Crippen LogP contribution in [0.4, 0.5) is 0 Å². The van der Waals surface area contributed by atoms with Crippen LogP contribution >= 0.6 is 22.6 Å². The van der Waals surface area contributed by atoms with Crippen LogP contribution in [0.25, 0.3) is 0 Å². The summed E-state index contributed by atoms with van der Waals surface area (Å²) < 4.78 is 1.18. The van der Waals surface area contributed by atoms with E-state index in [2.05, 4.69) is 33.7 Å². The highest BCUT2D eigenvalue weighted by Gasteiger charge is 1.99. The van der Waals surface area contributed by atoms with Crippen LogP contribution in [0.5, 0.6) is 0 Å². The molecule has 0 aromatic heterocycles. The van der Waals surface area contributed by atoms with Gasteiger partial charge in [-0.1, -0.05) is 6.08 Å². The highest BCUT2D eigenvalue weighted by Crippen LogP contribution is 2.09. The van der Waals surface area contributed by atoms with Gasteiger partial charge < -0.3 is 5.73 Å². The topological polar surface area (TPSA) is 38.4 Å². The van der Waals surface area contributed by atoms with Crippen LogP contribution < -0.4 is 5.73 Å². The number of dihydropyridines is 1. The molecule has 1 heterocycles. The van der Waals surface area contributed by atoms with E-state index in [1.165, 1.54) is 3.58 Å². The first kappa shape index (κ1) is 6.22. The molecular weight excluding hydrogens is 215 g/mol. The van der Waals surface area contributed by atoms with Crippen molar-refractivity contribution in [3.63, 3.8) is 0 Å². The minimum atomic E-state index is 0.00789. The zero-order chi connectivity index (χ0) is 5.98. The average Bonchev–Trinajstić information content (AvgIpc) is 1.77. The Bertz CT molecular complexity index is 139. The lowest BCUT2D eigenvalue weighted by atomic mass is 10.3. The molecule has 0 spiro atoms. The Balaban J connectivity index is 2.58. The Morgan fingerprint density at radius 3 is 3.00 bits per heavy atom. The predicted molar refractivity (Wildman–Crippen MR) is 43.2 cm³/mol. The first-order chi connectivity index (χ1) is 3.79. The lowest BCUT2D eigenvalue weighted by Gasteiger charge is -2.05. The molecule has 0 bridgehead atoms. The molecule has 0 amide bonds. The molecule has 2 nitrogen and oxygen atoms in total.